The molecule has 4 heterocycles. The maximum atomic E-state index is 12.9. The molecule has 1 aliphatic rings. The zero-order valence-electron chi connectivity index (χ0n) is 15.1. The monoisotopic (exact) mass is 403 g/mol. The number of thiophene rings is 1. The number of oxazole rings is 1. The Kier molecular flexibility index (Phi) is 5.12. The highest BCUT2D eigenvalue weighted by molar-refractivity contribution is 7.91. The summed E-state index contributed by atoms with van der Waals surface area (Å²) in [5.41, 5.74) is 1.86. The summed E-state index contributed by atoms with van der Waals surface area (Å²) in [4.78, 5) is 9.74. The van der Waals surface area contributed by atoms with Gasteiger partial charge >= 0.3 is 0 Å². The van der Waals surface area contributed by atoms with Crippen molar-refractivity contribution in [3.8, 4) is 0 Å². The van der Waals surface area contributed by atoms with Gasteiger partial charge in [-0.25, -0.2) is 13.4 Å². The Bertz CT molecular complexity index is 1030. The van der Waals surface area contributed by atoms with Gasteiger partial charge in [-0.05, 0) is 36.6 Å². The third-order valence-electron chi connectivity index (χ3n) is 4.67. The van der Waals surface area contributed by atoms with Crippen LogP contribution in [0.3, 0.4) is 0 Å². The summed E-state index contributed by atoms with van der Waals surface area (Å²) < 4.78 is 33.6. The van der Waals surface area contributed by atoms with Gasteiger partial charge < -0.3 is 4.42 Å². The van der Waals surface area contributed by atoms with Crippen LogP contribution in [0.15, 0.2) is 45.3 Å². The van der Waals surface area contributed by atoms with Crippen molar-refractivity contribution in [3.05, 3.63) is 64.4 Å². The van der Waals surface area contributed by atoms with Crippen LogP contribution in [0, 0.1) is 0 Å². The number of aryl methyl sites for hydroxylation is 3. The van der Waals surface area contributed by atoms with E-state index in [4.69, 9.17) is 4.42 Å². The van der Waals surface area contributed by atoms with Crippen molar-refractivity contribution in [2.24, 2.45) is 0 Å². The molecule has 0 radical (unpaired) electrons. The van der Waals surface area contributed by atoms with Crippen LogP contribution in [-0.4, -0.2) is 29.2 Å². The summed E-state index contributed by atoms with van der Waals surface area (Å²) >= 11 is 1.35. The number of rotatable bonds is 6. The number of pyridine rings is 1. The van der Waals surface area contributed by atoms with Gasteiger partial charge in [0.05, 0.1) is 12.2 Å². The first-order valence-corrected chi connectivity index (χ1v) is 11.3. The lowest BCUT2D eigenvalue weighted by atomic mass is 10.1. The van der Waals surface area contributed by atoms with Gasteiger partial charge in [-0.15, -0.1) is 11.3 Å². The van der Waals surface area contributed by atoms with Gasteiger partial charge in [-0.1, -0.05) is 13.0 Å². The van der Waals surface area contributed by atoms with E-state index in [1.165, 1.54) is 15.6 Å². The normalized spacial score (nSPS) is 15.0. The van der Waals surface area contributed by atoms with Gasteiger partial charge in [0.15, 0.2) is 5.89 Å². The lowest BCUT2D eigenvalue weighted by molar-refractivity contribution is 0.357. The minimum absolute atomic E-state index is 0.271. The second kappa shape index (κ2) is 7.53. The molecule has 0 aliphatic carbocycles. The molecule has 0 saturated carbocycles. The molecule has 0 N–H and O–H groups in total. The first-order valence-electron chi connectivity index (χ1n) is 9.01. The molecule has 3 aromatic rings. The van der Waals surface area contributed by atoms with Crippen LogP contribution in [-0.2, 0) is 42.3 Å². The first kappa shape index (κ1) is 18.3. The van der Waals surface area contributed by atoms with Gasteiger partial charge in [0.1, 0.15) is 9.97 Å². The van der Waals surface area contributed by atoms with Crippen LogP contribution < -0.4 is 0 Å². The highest BCUT2D eigenvalue weighted by Crippen LogP contribution is 2.29. The van der Waals surface area contributed by atoms with Gasteiger partial charge in [0, 0.05) is 36.7 Å². The Morgan fingerprint density at radius 2 is 2.15 bits per heavy atom. The Labute approximate surface area is 162 Å². The van der Waals surface area contributed by atoms with Crippen LogP contribution in [0.1, 0.15) is 34.7 Å². The van der Waals surface area contributed by atoms with E-state index in [2.05, 4.69) is 9.97 Å². The van der Waals surface area contributed by atoms with Crippen LogP contribution in [0.2, 0.25) is 0 Å². The lowest BCUT2D eigenvalue weighted by Gasteiger charge is -2.23. The van der Waals surface area contributed by atoms with Crippen LogP contribution >= 0.6 is 11.3 Å². The average Bonchev–Trinajstić information content (AvgIpc) is 3.33. The lowest BCUT2D eigenvalue weighted by Crippen LogP contribution is -2.35. The molecule has 142 valence electrons. The second-order valence-corrected chi connectivity index (χ2v) is 9.83. The van der Waals surface area contributed by atoms with Gasteiger partial charge in [-0.3, -0.25) is 4.98 Å². The third kappa shape index (κ3) is 3.83. The molecule has 3 aromatic heterocycles. The fourth-order valence-electron chi connectivity index (χ4n) is 3.15. The molecule has 0 amide bonds. The van der Waals surface area contributed by atoms with E-state index in [0.29, 0.717) is 29.5 Å². The number of hydrogen-bond acceptors (Lipinski definition) is 6. The van der Waals surface area contributed by atoms with E-state index < -0.39 is 10.0 Å². The average molecular weight is 404 g/mol. The highest BCUT2D eigenvalue weighted by Gasteiger charge is 2.32. The van der Waals surface area contributed by atoms with Crippen LogP contribution in [0.4, 0.5) is 0 Å². The molecule has 1 aliphatic heterocycles. The molecule has 4 rings (SSSR count). The molecule has 6 nitrogen and oxygen atoms in total. The van der Waals surface area contributed by atoms with E-state index in [1.807, 2.05) is 31.3 Å². The Hall–Kier alpha value is -2.03. The number of nitrogens with zero attached hydrogens (tertiary/aromatic N) is 3. The minimum Gasteiger partial charge on any atom is -0.445 e. The maximum absolute atomic E-state index is 12.9. The smallest absolute Gasteiger partial charge is 0.252 e. The molecule has 0 fully saturated rings. The first-order chi connectivity index (χ1) is 13.1. The van der Waals surface area contributed by atoms with Crippen molar-refractivity contribution in [2.45, 2.75) is 43.4 Å². The summed E-state index contributed by atoms with van der Waals surface area (Å²) in [6.07, 6.45) is 6.46. The molecular weight excluding hydrogens is 382 g/mol. The summed E-state index contributed by atoms with van der Waals surface area (Å²) in [5, 5.41) is 0. The largest absolute Gasteiger partial charge is 0.445 e. The summed E-state index contributed by atoms with van der Waals surface area (Å²) in [6, 6.07) is 7.53. The zero-order valence-corrected chi connectivity index (χ0v) is 16.7. The highest BCUT2D eigenvalue weighted by atomic mass is 32.2. The van der Waals surface area contributed by atoms with Crippen molar-refractivity contribution < 1.29 is 12.8 Å². The SMILES string of the molecule is CCc1ccc(S(=O)(=O)N2CCc3oc(CCc4cccnc4)nc3C2)s1. The Balaban J connectivity index is 1.47. The standard InChI is InChI=1S/C19H21N3O3S2/c1-2-15-6-8-19(26-15)27(23,24)22-11-9-17-16(13-22)21-18(25-17)7-5-14-4-3-10-20-12-14/h3-4,6,8,10,12H,2,5,7,9,11,13H2,1H3. The van der Waals surface area contributed by atoms with Gasteiger partial charge in [0.25, 0.3) is 10.0 Å². The van der Waals surface area contributed by atoms with E-state index in [0.717, 1.165) is 34.7 Å². The van der Waals surface area contributed by atoms with Crippen molar-refractivity contribution in [1.82, 2.24) is 14.3 Å². The van der Waals surface area contributed by atoms with Crippen molar-refractivity contribution >= 4 is 21.4 Å². The molecule has 27 heavy (non-hydrogen) atoms. The fraction of sp³-hybridized carbons (Fsp3) is 0.368. The van der Waals surface area contributed by atoms with Crippen molar-refractivity contribution in [1.29, 1.82) is 0 Å². The molecule has 0 bridgehead atoms. The Morgan fingerprint density at radius 3 is 2.89 bits per heavy atom. The van der Waals surface area contributed by atoms with Crippen LogP contribution in [0.5, 0.6) is 0 Å². The predicted octanol–water partition coefficient (Wildman–Crippen LogP) is 3.23. The maximum Gasteiger partial charge on any atom is 0.252 e. The molecule has 0 spiro atoms. The van der Waals surface area contributed by atoms with Gasteiger partial charge in [-0.2, -0.15) is 4.31 Å². The number of aromatic nitrogens is 2. The van der Waals surface area contributed by atoms with Crippen LogP contribution in [0.25, 0.3) is 0 Å². The molecule has 0 aromatic carbocycles. The van der Waals surface area contributed by atoms with E-state index >= 15 is 0 Å². The quantitative estimate of drug-likeness (QED) is 0.632. The van der Waals surface area contributed by atoms with Crippen molar-refractivity contribution in [3.63, 3.8) is 0 Å². The van der Waals surface area contributed by atoms with Crippen molar-refractivity contribution in [2.75, 3.05) is 6.54 Å². The summed E-state index contributed by atoms with van der Waals surface area (Å²) in [5.74, 6) is 1.47. The molecular formula is C19H21N3O3S2. The zero-order chi connectivity index (χ0) is 18.9. The minimum atomic E-state index is -3.48. The number of fused-ring (bicyclic) bond motifs is 1. The predicted molar refractivity (Wildman–Crippen MR) is 103 cm³/mol. The topological polar surface area (TPSA) is 76.3 Å². The summed E-state index contributed by atoms with van der Waals surface area (Å²) in [6.45, 7) is 2.72. The van der Waals surface area contributed by atoms with E-state index in [-0.39, 0.29) is 6.54 Å². The summed E-state index contributed by atoms with van der Waals surface area (Å²) in [7, 11) is -3.48. The number of hydrogen-bond donors (Lipinski definition) is 0. The second-order valence-electron chi connectivity index (χ2n) is 6.50. The molecule has 0 saturated heterocycles. The Morgan fingerprint density at radius 1 is 1.26 bits per heavy atom. The molecule has 0 atom stereocenters. The third-order valence-corrected chi connectivity index (χ3v) is 8.21. The fourth-order valence-corrected chi connectivity index (χ4v) is 6.00. The van der Waals surface area contributed by atoms with E-state index in [9.17, 15) is 8.42 Å². The molecule has 0 unspecified atom stereocenters. The molecule has 8 heteroatoms. The van der Waals surface area contributed by atoms with E-state index in [1.54, 1.807) is 12.3 Å². The number of sulfonamides is 1. The van der Waals surface area contributed by atoms with Gasteiger partial charge in [0.2, 0.25) is 0 Å².